The highest BCUT2D eigenvalue weighted by Gasteiger charge is 1.96. The van der Waals surface area contributed by atoms with Crippen LogP contribution < -0.4 is 0 Å². The number of carbonyl (C=O) groups is 1. The molecule has 0 unspecified atom stereocenters. The van der Waals surface area contributed by atoms with Gasteiger partial charge in [0.1, 0.15) is 0 Å². The number of carboxylic acids is 1. The summed E-state index contributed by atoms with van der Waals surface area (Å²) >= 11 is 5.21. The molecule has 0 amide bonds. The fourth-order valence-corrected chi connectivity index (χ4v) is 3.21. The minimum Gasteiger partial charge on any atom is -0.481 e. The minimum atomic E-state index is -0.720. The highest BCUT2D eigenvalue weighted by atomic mass is 32.2. The largest absolute Gasteiger partial charge is 0.481 e. The van der Waals surface area contributed by atoms with Crippen molar-refractivity contribution in [3.63, 3.8) is 0 Å². The first-order valence-electron chi connectivity index (χ1n) is 4.01. The molecule has 0 aromatic carbocycles. The third-order valence-electron chi connectivity index (χ3n) is 1.11. The molecule has 1 radical (unpaired) electrons. The van der Waals surface area contributed by atoms with Crippen molar-refractivity contribution < 1.29 is 9.90 Å². The van der Waals surface area contributed by atoms with Gasteiger partial charge in [0.05, 0.1) is 5.75 Å². The maximum atomic E-state index is 10.1. The van der Waals surface area contributed by atoms with Crippen molar-refractivity contribution in [2.24, 2.45) is 0 Å². The zero-order chi connectivity index (χ0) is 9.94. The lowest BCUT2D eigenvalue weighted by Gasteiger charge is -1.99. The van der Waals surface area contributed by atoms with Crippen molar-refractivity contribution in [1.29, 1.82) is 0 Å². The molecule has 0 bridgehead atoms. The Bertz CT molecular complexity index is 131. The van der Waals surface area contributed by atoms with Crippen molar-refractivity contribution in [1.82, 2.24) is 0 Å². The van der Waals surface area contributed by atoms with E-state index in [4.69, 9.17) is 5.11 Å². The quantitative estimate of drug-likeness (QED) is 0.624. The Labute approximate surface area is 92.6 Å². The standard InChI is InChI=1S/C8H15O2S3/c1-2-11-3-4-12-5-6-13-7-8(9)10/h1-7H2,(H,9,10). The second kappa shape index (κ2) is 10.6. The Morgan fingerprint density at radius 3 is 2.15 bits per heavy atom. The molecule has 0 saturated heterocycles. The highest BCUT2D eigenvalue weighted by molar-refractivity contribution is 8.04. The SMILES string of the molecule is [CH2]CSCCSCCSCC(=O)O. The Hall–Kier alpha value is 0.520. The molecule has 0 rings (SSSR count). The molecule has 0 aliphatic heterocycles. The second-order valence-electron chi connectivity index (χ2n) is 2.17. The van der Waals surface area contributed by atoms with Gasteiger partial charge in [0, 0.05) is 23.0 Å². The Kier molecular flexibility index (Phi) is 11.0. The summed E-state index contributed by atoms with van der Waals surface area (Å²) in [5.74, 6) is 4.73. The third-order valence-corrected chi connectivity index (χ3v) is 4.34. The number of hydrogen-bond donors (Lipinski definition) is 1. The normalized spacial score (nSPS) is 10.2. The van der Waals surface area contributed by atoms with Crippen LogP contribution in [0.5, 0.6) is 0 Å². The van der Waals surface area contributed by atoms with Crippen molar-refractivity contribution >= 4 is 41.3 Å². The molecule has 0 atom stereocenters. The summed E-state index contributed by atoms with van der Waals surface area (Å²) in [5.41, 5.74) is 0. The van der Waals surface area contributed by atoms with E-state index in [1.54, 1.807) is 0 Å². The summed E-state index contributed by atoms with van der Waals surface area (Å²) in [6.45, 7) is 3.74. The monoisotopic (exact) mass is 239 g/mol. The lowest BCUT2D eigenvalue weighted by atomic mass is 10.8. The summed E-state index contributed by atoms with van der Waals surface area (Å²) < 4.78 is 0. The zero-order valence-electron chi connectivity index (χ0n) is 7.53. The predicted molar refractivity (Wildman–Crippen MR) is 65.0 cm³/mol. The van der Waals surface area contributed by atoms with Gasteiger partial charge >= 0.3 is 5.97 Å². The van der Waals surface area contributed by atoms with Crippen LogP contribution in [-0.4, -0.2) is 45.6 Å². The van der Waals surface area contributed by atoms with E-state index < -0.39 is 5.97 Å². The van der Waals surface area contributed by atoms with Crippen LogP contribution in [0.3, 0.4) is 0 Å². The number of hydrogen-bond acceptors (Lipinski definition) is 4. The Morgan fingerprint density at radius 1 is 1.08 bits per heavy atom. The first kappa shape index (κ1) is 13.5. The summed E-state index contributed by atoms with van der Waals surface area (Å²) in [4.78, 5) is 10.1. The van der Waals surface area contributed by atoms with Crippen LogP contribution >= 0.6 is 35.3 Å². The number of aliphatic carboxylic acids is 1. The maximum Gasteiger partial charge on any atom is 0.313 e. The lowest BCUT2D eigenvalue weighted by molar-refractivity contribution is -0.133. The molecule has 1 N–H and O–H groups in total. The van der Waals surface area contributed by atoms with E-state index in [9.17, 15) is 4.79 Å². The smallest absolute Gasteiger partial charge is 0.313 e. The van der Waals surface area contributed by atoms with Gasteiger partial charge in [-0.05, 0) is 12.7 Å². The molecular weight excluding hydrogens is 224 g/mol. The molecule has 5 heteroatoms. The fraction of sp³-hybridized carbons (Fsp3) is 0.750. The minimum absolute atomic E-state index is 0.230. The first-order chi connectivity index (χ1) is 6.27. The molecule has 0 aliphatic carbocycles. The Morgan fingerprint density at radius 2 is 1.62 bits per heavy atom. The van der Waals surface area contributed by atoms with E-state index >= 15 is 0 Å². The van der Waals surface area contributed by atoms with E-state index in [0.29, 0.717) is 0 Å². The van der Waals surface area contributed by atoms with Crippen molar-refractivity contribution in [3.8, 4) is 0 Å². The van der Waals surface area contributed by atoms with Crippen LogP contribution in [0.25, 0.3) is 0 Å². The average Bonchev–Trinajstić information content (AvgIpc) is 2.09. The summed E-state index contributed by atoms with van der Waals surface area (Å²) in [6.07, 6.45) is 0. The lowest BCUT2D eigenvalue weighted by Crippen LogP contribution is -1.99. The van der Waals surface area contributed by atoms with Gasteiger partial charge in [-0.15, -0.1) is 11.8 Å². The molecule has 0 fully saturated rings. The topological polar surface area (TPSA) is 37.3 Å². The fourth-order valence-electron chi connectivity index (χ4n) is 0.599. The third kappa shape index (κ3) is 12.5. The zero-order valence-corrected chi connectivity index (χ0v) is 9.98. The van der Waals surface area contributed by atoms with Gasteiger partial charge < -0.3 is 5.11 Å². The van der Waals surface area contributed by atoms with Crippen LogP contribution in [0.2, 0.25) is 0 Å². The van der Waals surface area contributed by atoms with Gasteiger partial charge in [0.25, 0.3) is 0 Å². The maximum absolute atomic E-state index is 10.1. The van der Waals surface area contributed by atoms with Crippen LogP contribution in [-0.2, 0) is 4.79 Å². The van der Waals surface area contributed by atoms with E-state index in [2.05, 4.69) is 6.92 Å². The first-order valence-corrected chi connectivity index (χ1v) is 7.48. The van der Waals surface area contributed by atoms with Crippen molar-refractivity contribution in [2.75, 3.05) is 34.5 Å². The summed E-state index contributed by atoms with van der Waals surface area (Å²) in [6, 6.07) is 0. The van der Waals surface area contributed by atoms with Gasteiger partial charge in [-0.1, -0.05) is 0 Å². The van der Waals surface area contributed by atoms with Crippen LogP contribution in [0.15, 0.2) is 0 Å². The molecule has 0 aromatic heterocycles. The molecule has 0 saturated carbocycles. The molecule has 0 aliphatic rings. The van der Waals surface area contributed by atoms with Gasteiger partial charge in [-0.2, -0.15) is 23.5 Å². The van der Waals surface area contributed by atoms with Gasteiger partial charge in [-0.25, -0.2) is 0 Å². The van der Waals surface area contributed by atoms with Gasteiger partial charge in [0.15, 0.2) is 0 Å². The summed E-state index contributed by atoms with van der Waals surface area (Å²) in [7, 11) is 0. The summed E-state index contributed by atoms with van der Waals surface area (Å²) in [5, 5.41) is 8.35. The van der Waals surface area contributed by atoms with E-state index in [-0.39, 0.29) is 5.75 Å². The molecule has 2 nitrogen and oxygen atoms in total. The molecule has 77 valence electrons. The Balaban J connectivity index is 2.87. The van der Waals surface area contributed by atoms with E-state index in [1.807, 2.05) is 23.5 Å². The molecular formula is C8H15O2S3. The molecule has 0 heterocycles. The second-order valence-corrected chi connectivity index (χ2v) is 5.73. The van der Waals surface area contributed by atoms with Crippen molar-refractivity contribution in [2.45, 2.75) is 0 Å². The molecule has 0 spiro atoms. The van der Waals surface area contributed by atoms with Gasteiger partial charge in [0.2, 0.25) is 0 Å². The highest BCUT2D eigenvalue weighted by Crippen LogP contribution is 2.09. The number of carboxylic acid groups (broad SMARTS) is 1. The van der Waals surface area contributed by atoms with Crippen LogP contribution in [0, 0.1) is 6.92 Å². The number of thioether (sulfide) groups is 3. The van der Waals surface area contributed by atoms with Crippen LogP contribution in [0.4, 0.5) is 0 Å². The molecule has 13 heavy (non-hydrogen) atoms. The average molecular weight is 239 g/mol. The molecule has 0 aromatic rings. The van der Waals surface area contributed by atoms with Crippen molar-refractivity contribution in [3.05, 3.63) is 6.92 Å². The van der Waals surface area contributed by atoms with Gasteiger partial charge in [-0.3, -0.25) is 4.79 Å². The van der Waals surface area contributed by atoms with Crippen LogP contribution in [0.1, 0.15) is 0 Å². The number of rotatable bonds is 9. The predicted octanol–water partition coefficient (Wildman–Crippen LogP) is 2.10. The van der Waals surface area contributed by atoms with E-state index in [0.717, 1.165) is 28.8 Å². The van der Waals surface area contributed by atoms with E-state index in [1.165, 1.54) is 11.8 Å².